The highest BCUT2D eigenvalue weighted by Crippen LogP contribution is 2.32. The van der Waals surface area contributed by atoms with Crippen LogP contribution in [0.4, 0.5) is 13.2 Å². The van der Waals surface area contributed by atoms with E-state index in [0.29, 0.717) is 16.9 Å². The molecule has 1 saturated carbocycles. The van der Waals surface area contributed by atoms with E-state index in [2.05, 4.69) is 14.7 Å². The number of aryl methyl sites for hydroxylation is 1. The molecule has 1 aliphatic rings. The van der Waals surface area contributed by atoms with Gasteiger partial charge < -0.3 is 4.74 Å². The molecule has 5 nitrogen and oxygen atoms in total. The van der Waals surface area contributed by atoms with Gasteiger partial charge in [0.05, 0.1) is 6.54 Å². The summed E-state index contributed by atoms with van der Waals surface area (Å²) in [7, 11) is 0. The Morgan fingerprint density at radius 2 is 1.93 bits per heavy atom. The Kier molecular flexibility index (Phi) is 5.49. The van der Waals surface area contributed by atoms with E-state index >= 15 is 0 Å². The zero-order chi connectivity index (χ0) is 21.3. The number of fused-ring (bicyclic) bond motifs is 1. The summed E-state index contributed by atoms with van der Waals surface area (Å²) in [6, 6.07) is 8.22. The second kappa shape index (κ2) is 8.08. The van der Waals surface area contributed by atoms with Crippen molar-refractivity contribution in [3.05, 3.63) is 63.8 Å². The zero-order valence-electron chi connectivity index (χ0n) is 16.6. The fourth-order valence-corrected chi connectivity index (χ4v) is 4.13. The van der Waals surface area contributed by atoms with Gasteiger partial charge in [0.1, 0.15) is 11.3 Å². The number of nitrogens with zero attached hydrogens (tertiary/aromatic N) is 3. The number of ether oxygens (including phenoxy) is 1. The van der Waals surface area contributed by atoms with E-state index in [1.54, 1.807) is 0 Å². The van der Waals surface area contributed by atoms with Crippen LogP contribution in [0, 0.1) is 6.92 Å². The van der Waals surface area contributed by atoms with Gasteiger partial charge in [-0.2, -0.15) is 0 Å². The number of alkyl halides is 3. The predicted octanol–water partition coefficient (Wildman–Crippen LogP) is 5.09. The molecule has 0 saturated heterocycles. The topological polar surface area (TPSA) is 57.0 Å². The largest absolute Gasteiger partial charge is 0.573 e. The van der Waals surface area contributed by atoms with E-state index in [1.165, 1.54) is 22.9 Å². The lowest BCUT2D eigenvalue weighted by atomic mass is 9.84. The third-order valence-electron chi connectivity index (χ3n) is 5.53. The van der Waals surface area contributed by atoms with E-state index in [1.807, 2.05) is 25.1 Å². The van der Waals surface area contributed by atoms with Gasteiger partial charge in [0.2, 0.25) is 0 Å². The van der Waals surface area contributed by atoms with E-state index in [-0.39, 0.29) is 23.7 Å². The van der Waals surface area contributed by atoms with Crippen molar-refractivity contribution in [3.8, 4) is 5.75 Å². The normalized spacial score (nSPS) is 15.5. The minimum absolute atomic E-state index is 0.0299. The first kappa shape index (κ1) is 20.4. The number of aromatic nitrogens is 3. The Morgan fingerprint density at radius 3 is 2.67 bits per heavy atom. The fourth-order valence-electron chi connectivity index (χ4n) is 4.13. The van der Waals surface area contributed by atoms with Crippen LogP contribution in [0.15, 0.2) is 41.3 Å². The Morgan fingerprint density at radius 1 is 1.17 bits per heavy atom. The molecule has 30 heavy (non-hydrogen) atoms. The summed E-state index contributed by atoms with van der Waals surface area (Å²) in [4.78, 5) is 22.0. The summed E-state index contributed by atoms with van der Waals surface area (Å²) >= 11 is 0. The van der Waals surface area contributed by atoms with E-state index in [0.717, 1.165) is 37.5 Å². The summed E-state index contributed by atoms with van der Waals surface area (Å²) in [5.41, 5.74) is 1.65. The second-order valence-electron chi connectivity index (χ2n) is 7.69. The summed E-state index contributed by atoms with van der Waals surface area (Å²) in [6.07, 6.45) is 1.71. The third-order valence-corrected chi connectivity index (χ3v) is 5.53. The van der Waals surface area contributed by atoms with Crippen LogP contribution >= 0.6 is 0 Å². The molecule has 1 aliphatic carbocycles. The smallest absolute Gasteiger partial charge is 0.404 e. The van der Waals surface area contributed by atoms with Crippen LogP contribution in [0.2, 0.25) is 0 Å². The van der Waals surface area contributed by atoms with Gasteiger partial charge in [0.25, 0.3) is 5.56 Å². The first-order valence-electron chi connectivity index (χ1n) is 10.0. The lowest BCUT2D eigenvalue weighted by Crippen LogP contribution is -2.28. The Labute approximate surface area is 171 Å². The van der Waals surface area contributed by atoms with Crippen LogP contribution in [0.5, 0.6) is 5.75 Å². The summed E-state index contributed by atoms with van der Waals surface area (Å²) in [6.45, 7) is 1.65. The van der Waals surface area contributed by atoms with Crippen molar-refractivity contribution in [1.82, 2.24) is 14.5 Å². The molecule has 3 heterocycles. The first-order chi connectivity index (χ1) is 14.3. The maximum Gasteiger partial charge on any atom is 0.573 e. The first-order valence-corrected chi connectivity index (χ1v) is 10.0. The molecule has 4 rings (SSSR count). The van der Waals surface area contributed by atoms with Crippen molar-refractivity contribution in [1.29, 1.82) is 0 Å². The number of hydrogen-bond acceptors (Lipinski definition) is 4. The zero-order valence-corrected chi connectivity index (χ0v) is 16.6. The summed E-state index contributed by atoms with van der Waals surface area (Å²) < 4.78 is 44.0. The van der Waals surface area contributed by atoms with Crippen molar-refractivity contribution in [2.45, 2.75) is 57.9 Å². The van der Waals surface area contributed by atoms with Crippen LogP contribution in [-0.2, 0) is 6.54 Å². The number of rotatable bonds is 4. The molecular weight excluding hydrogens is 395 g/mol. The average molecular weight is 417 g/mol. The molecule has 0 bridgehead atoms. The average Bonchev–Trinajstić information content (AvgIpc) is 2.71. The minimum Gasteiger partial charge on any atom is -0.404 e. The number of pyridine rings is 3. The monoisotopic (exact) mass is 417 g/mol. The third kappa shape index (κ3) is 4.32. The van der Waals surface area contributed by atoms with Crippen LogP contribution in [0.3, 0.4) is 0 Å². The van der Waals surface area contributed by atoms with Crippen molar-refractivity contribution in [3.63, 3.8) is 0 Å². The molecule has 0 spiro atoms. The van der Waals surface area contributed by atoms with Crippen molar-refractivity contribution in [2.75, 3.05) is 0 Å². The summed E-state index contributed by atoms with van der Waals surface area (Å²) in [5, 5.41) is 0.787. The van der Waals surface area contributed by atoms with Crippen LogP contribution in [0.1, 0.15) is 55.0 Å². The standard InChI is InChI=1S/C22H22F3N3O2/c1-14-9-10-16-12-17(15-6-3-2-4-7-15)21(29)28(20(16)27-14)13-18-19(8-5-11-26-18)30-22(23,24)25/h5,8-12,15H,2-4,6-7,13H2,1H3. The fraction of sp³-hybridized carbons (Fsp3) is 0.409. The molecule has 0 aromatic carbocycles. The SMILES string of the molecule is Cc1ccc2cc(C3CCCCC3)c(=O)n(Cc3ncccc3OC(F)(F)F)c2n1. The number of hydrogen-bond donors (Lipinski definition) is 0. The Bertz CT molecular complexity index is 1120. The highest BCUT2D eigenvalue weighted by Gasteiger charge is 2.32. The van der Waals surface area contributed by atoms with Crippen molar-refractivity contribution < 1.29 is 17.9 Å². The molecule has 0 N–H and O–H groups in total. The molecule has 1 fully saturated rings. The summed E-state index contributed by atoms with van der Waals surface area (Å²) in [5.74, 6) is -0.265. The molecule has 8 heteroatoms. The number of halogens is 3. The predicted molar refractivity (Wildman–Crippen MR) is 107 cm³/mol. The van der Waals surface area contributed by atoms with Gasteiger partial charge in [0, 0.05) is 22.8 Å². The second-order valence-corrected chi connectivity index (χ2v) is 7.69. The molecule has 3 aromatic rings. The Hall–Kier alpha value is -2.90. The molecule has 0 aliphatic heterocycles. The van der Waals surface area contributed by atoms with Crippen LogP contribution < -0.4 is 10.3 Å². The van der Waals surface area contributed by atoms with Crippen molar-refractivity contribution >= 4 is 11.0 Å². The molecule has 0 unspecified atom stereocenters. The Balaban J connectivity index is 1.85. The molecule has 0 radical (unpaired) electrons. The van der Waals surface area contributed by atoms with Gasteiger partial charge in [-0.25, -0.2) is 4.98 Å². The highest BCUT2D eigenvalue weighted by atomic mass is 19.4. The van der Waals surface area contributed by atoms with Gasteiger partial charge in [-0.15, -0.1) is 13.2 Å². The minimum atomic E-state index is -4.84. The molecule has 3 aromatic heterocycles. The molecule has 0 atom stereocenters. The maximum atomic E-state index is 13.4. The van der Waals surface area contributed by atoms with Gasteiger partial charge in [-0.3, -0.25) is 14.3 Å². The lowest BCUT2D eigenvalue weighted by Gasteiger charge is -2.23. The molecular formula is C22H22F3N3O2. The van der Waals surface area contributed by atoms with Crippen LogP contribution in [-0.4, -0.2) is 20.9 Å². The molecule has 0 amide bonds. The van der Waals surface area contributed by atoms with Gasteiger partial charge in [-0.05, 0) is 56.0 Å². The maximum absolute atomic E-state index is 13.4. The van der Waals surface area contributed by atoms with Gasteiger partial charge in [0.15, 0.2) is 5.75 Å². The van der Waals surface area contributed by atoms with Gasteiger partial charge >= 0.3 is 6.36 Å². The van der Waals surface area contributed by atoms with Gasteiger partial charge in [-0.1, -0.05) is 19.3 Å². The molecule has 158 valence electrons. The van der Waals surface area contributed by atoms with E-state index in [4.69, 9.17) is 0 Å². The van der Waals surface area contributed by atoms with Crippen molar-refractivity contribution in [2.24, 2.45) is 0 Å². The lowest BCUT2D eigenvalue weighted by molar-refractivity contribution is -0.275. The van der Waals surface area contributed by atoms with E-state index in [9.17, 15) is 18.0 Å². The quantitative estimate of drug-likeness (QED) is 0.593. The highest BCUT2D eigenvalue weighted by molar-refractivity contribution is 5.76. The van der Waals surface area contributed by atoms with Crippen LogP contribution in [0.25, 0.3) is 11.0 Å². The van der Waals surface area contributed by atoms with E-state index < -0.39 is 12.1 Å².